The van der Waals surface area contributed by atoms with Gasteiger partial charge in [-0.1, -0.05) is 19.1 Å². The second-order valence-electron chi connectivity index (χ2n) is 4.84. The minimum atomic E-state index is -0.389. The average molecular weight is 300 g/mol. The normalized spacial score (nSPS) is 10.3. The van der Waals surface area contributed by atoms with Crippen LogP contribution in [0.1, 0.15) is 29.3 Å². The van der Waals surface area contributed by atoms with Crippen LogP contribution < -0.4 is 9.47 Å². The maximum Gasteiger partial charge on any atom is 0.343 e. The summed E-state index contributed by atoms with van der Waals surface area (Å²) in [5.74, 6) is 0.870. The van der Waals surface area contributed by atoms with Gasteiger partial charge in [-0.2, -0.15) is 0 Å². The first-order valence-electron chi connectivity index (χ1n) is 7.26. The molecule has 2 rings (SSSR count). The minimum absolute atomic E-state index is 0.389. The Morgan fingerprint density at radius 3 is 2.45 bits per heavy atom. The van der Waals surface area contributed by atoms with Crippen molar-refractivity contribution in [1.29, 1.82) is 0 Å². The van der Waals surface area contributed by atoms with Crippen molar-refractivity contribution in [3.05, 3.63) is 59.7 Å². The Bertz CT molecular complexity index is 605. The fourth-order valence-electron chi connectivity index (χ4n) is 1.94. The summed E-state index contributed by atoms with van der Waals surface area (Å²) in [7, 11) is 1.62. The van der Waals surface area contributed by atoms with E-state index >= 15 is 0 Å². The van der Waals surface area contributed by atoms with E-state index in [1.165, 1.54) is 0 Å². The molecule has 0 saturated heterocycles. The van der Waals surface area contributed by atoms with Gasteiger partial charge < -0.3 is 14.2 Å². The van der Waals surface area contributed by atoms with Gasteiger partial charge in [0.05, 0.1) is 18.8 Å². The van der Waals surface area contributed by atoms with Crippen LogP contribution in [0.4, 0.5) is 0 Å². The van der Waals surface area contributed by atoms with Crippen molar-refractivity contribution in [3.63, 3.8) is 0 Å². The highest BCUT2D eigenvalue weighted by Gasteiger charge is 2.09. The molecule has 0 unspecified atom stereocenters. The van der Waals surface area contributed by atoms with Crippen LogP contribution in [-0.4, -0.2) is 19.7 Å². The van der Waals surface area contributed by atoms with Gasteiger partial charge in [0.15, 0.2) is 0 Å². The third kappa shape index (κ3) is 4.60. The van der Waals surface area contributed by atoms with Crippen molar-refractivity contribution in [2.24, 2.45) is 0 Å². The fraction of sp³-hybridized carbons (Fsp3) is 0.278. The third-order valence-corrected chi connectivity index (χ3v) is 2.98. The summed E-state index contributed by atoms with van der Waals surface area (Å²) < 4.78 is 15.9. The van der Waals surface area contributed by atoms with Crippen molar-refractivity contribution < 1.29 is 19.0 Å². The van der Waals surface area contributed by atoms with Gasteiger partial charge in [-0.3, -0.25) is 0 Å². The SMILES string of the molecule is CCCOc1ccc(OC(=O)c2cccc(COC)c2)cc1. The second-order valence-corrected chi connectivity index (χ2v) is 4.84. The van der Waals surface area contributed by atoms with Gasteiger partial charge in [-0.25, -0.2) is 4.79 Å². The zero-order valence-electron chi connectivity index (χ0n) is 12.9. The lowest BCUT2D eigenvalue weighted by Crippen LogP contribution is -2.09. The summed E-state index contributed by atoms with van der Waals surface area (Å²) in [6, 6.07) is 14.2. The Morgan fingerprint density at radius 2 is 1.77 bits per heavy atom. The molecule has 0 amide bonds. The summed E-state index contributed by atoms with van der Waals surface area (Å²) in [5, 5.41) is 0. The van der Waals surface area contributed by atoms with E-state index in [4.69, 9.17) is 14.2 Å². The van der Waals surface area contributed by atoms with Crippen LogP contribution in [-0.2, 0) is 11.3 Å². The van der Waals surface area contributed by atoms with Crippen LogP contribution >= 0.6 is 0 Å². The molecule has 0 aliphatic rings. The fourth-order valence-corrected chi connectivity index (χ4v) is 1.94. The molecule has 0 aliphatic carbocycles. The highest BCUT2D eigenvalue weighted by Crippen LogP contribution is 2.19. The molecule has 0 atom stereocenters. The van der Waals surface area contributed by atoms with Gasteiger partial charge in [0, 0.05) is 7.11 Å². The number of ether oxygens (including phenoxy) is 3. The molecule has 0 N–H and O–H groups in total. The summed E-state index contributed by atoms with van der Waals surface area (Å²) in [6.45, 7) is 3.18. The predicted octanol–water partition coefficient (Wildman–Crippen LogP) is 3.84. The van der Waals surface area contributed by atoms with E-state index < -0.39 is 0 Å². The van der Waals surface area contributed by atoms with Gasteiger partial charge in [0.1, 0.15) is 11.5 Å². The Labute approximate surface area is 130 Å². The molecule has 0 aromatic heterocycles. The van der Waals surface area contributed by atoms with Crippen molar-refractivity contribution in [1.82, 2.24) is 0 Å². The lowest BCUT2D eigenvalue weighted by molar-refractivity contribution is 0.0734. The number of carbonyl (C=O) groups excluding carboxylic acids is 1. The van der Waals surface area contributed by atoms with E-state index in [9.17, 15) is 4.79 Å². The Morgan fingerprint density at radius 1 is 1.05 bits per heavy atom. The zero-order valence-corrected chi connectivity index (χ0v) is 12.9. The maximum atomic E-state index is 12.1. The van der Waals surface area contributed by atoms with E-state index in [-0.39, 0.29) is 5.97 Å². The first kappa shape index (κ1) is 16.0. The topological polar surface area (TPSA) is 44.8 Å². The lowest BCUT2D eigenvalue weighted by atomic mass is 10.1. The first-order valence-corrected chi connectivity index (χ1v) is 7.26. The third-order valence-electron chi connectivity index (χ3n) is 2.98. The number of benzene rings is 2. The van der Waals surface area contributed by atoms with Crippen molar-refractivity contribution in [2.75, 3.05) is 13.7 Å². The van der Waals surface area contributed by atoms with Gasteiger partial charge >= 0.3 is 5.97 Å². The van der Waals surface area contributed by atoms with Crippen molar-refractivity contribution >= 4 is 5.97 Å². The molecule has 0 bridgehead atoms. The Hall–Kier alpha value is -2.33. The predicted molar refractivity (Wildman–Crippen MR) is 84.3 cm³/mol. The molecule has 116 valence electrons. The largest absolute Gasteiger partial charge is 0.494 e. The van der Waals surface area contributed by atoms with Crippen LogP contribution in [0.5, 0.6) is 11.5 Å². The summed E-state index contributed by atoms with van der Waals surface area (Å²) in [4.78, 5) is 12.1. The Balaban J connectivity index is 2.00. The van der Waals surface area contributed by atoms with Gasteiger partial charge in [-0.15, -0.1) is 0 Å². The molecule has 0 aliphatic heterocycles. The van der Waals surface area contributed by atoms with E-state index in [1.54, 1.807) is 43.5 Å². The second kappa shape index (κ2) is 8.20. The van der Waals surface area contributed by atoms with E-state index in [2.05, 4.69) is 0 Å². The van der Waals surface area contributed by atoms with Gasteiger partial charge in [0.25, 0.3) is 0 Å². The number of hydrogen-bond acceptors (Lipinski definition) is 4. The highest BCUT2D eigenvalue weighted by molar-refractivity contribution is 5.91. The summed E-state index contributed by atoms with van der Waals surface area (Å²) in [5.41, 5.74) is 1.43. The summed E-state index contributed by atoms with van der Waals surface area (Å²) in [6.07, 6.45) is 0.953. The first-order chi connectivity index (χ1) is 10.7. The molecular formula is C18H20O4. The quantitative estimate of drug-likeness (QED) is 0.575. The van der Waals surface area contributed by atoms with Crippen LogP contribution in [0.25, 0.3) is 0 Å². The average Bonchev–Trinajstić information content (AvgIpc) is 2.55. The molecular weight excluding hydrogens is 280 g/mol. The Kier molecular flexibility index (Phi) is 5.98. The molecule has 0 heterocycles. The highest BCUT2D eigenvalue weighted by atomic mass is 16.5. The van der Waals surface area contributed by atoms with Gasteiger partial charge in [-0.05, 0) is 48.4 Å². The van der Waals surface area contributed by atoms with E-state index in [0.29, 0.717) is 24.5 Å². The molecule has 0 radical (unpaired) electrons. The monoisotopic (exact) mass is 300 g/mol. The smallest absolute Gasteiger partial charge is 0.343 e. The number of methoxy groups -OCH3 is 1. The number of esters is 1. The molecule has 0 fully saturated rings. The maximum absolute atomic E-state index is 12.1. The molecule has 4 nitrogen and oxygen atoms in total. The van der Waals surface area contributed by atoms with Gasteiger partial charge in [0.2, 0.25) is 0 Å². The molecule has 0 saturated carbocycles. The zero-order chi connectivity index (χ0) is 15.8. The van der Waals surface area contributed by atoms with E-state index in [1.807, 2.05) is 19.1 Å². The molecule has 2 aromatic carbocycles. The van der Waals surface area contributed by atoms with Crippen LogP contribution in [0.2, 0.25) is 0 Å². The number of hydrogen-bond donors (Lipinski definition) is 0. The van der Waals surface area contributed by atoms with Crippen LogP contribution in [0, 0.1) is 0 Å². The molecule has 0 spiro atoms. The molecule has 4 heteroatoms. The van der Waals surface area contributed by atoms with Crippen molar-refractivity contribution in [3.8, 4) is 11.5 Å². The summed E-state index contributed by atoms with van der Waals surface area (Å²) >= 11 is 0. The lowest BCUT2D eigenvalue weighted by Gasteiger charge is -2.08. The van der Waals surface area contributed by atoms with Crippen molar-refractivity contribution in [2.45, 2.75) is 20.0 Å². The van der Waals surface area contributed by atoms with E-state index in [0.717, 1.165) is 17.7 Å². The standard InChI is InChI=1S/C18H20O4/c1-3-11-21-16-7-9-17(10-8-16)22-18(19)15-6-4-5-14(12-15)13-20-2/h4-10,12H,3,11,13H2,1-2H3. The van der Waals surface area contributed by atoms with Crippen LogP contribution in [0.15, 0.2) is 48.5 Å². The minimum Gasteiger partial charge on any atom is -0.494 e. The van der Waals surface area contributed by atoms with Crippen LogP contribution in [0.3, 0.4) is 0 Å². The molecule has 22 heavy (non-hydrogen) atoms. The number of carbonyl (C=O) groups is 1. The number of rotatable bonds is 7. The molecule has 2 aromatic rings.